The summed E-state index contributed by atoms with van der Waals surface area (Å²) in [7, 11) is 0. The van der Waals surface area contributed by atoms with Crippen LogP contribution in [-0.4, -0.2) is 52.5 Å². The highest BCUT2D eigenvalue weighted by atomic mass is 32.2. The van der Waals surface area contributed by atoms with Gasteiger partial charge in [-0.15, -0.1) is 0 Å². The second kappa shape index (κ2) is 16.5. The molecule has 37 heavy (non-hydrogen) atoms. The minimum atomic E-state index is -0.0139. The van der Waals surface area contributed by atoms with Gasteiger partial charge in [0.1, 0.15) is 0 Å². The molecule has 0 spiro atoms. The number of fused-ring (bicyclic) bond motifs is 1. The van der Waals surface area contributed by atoms with Gasteiger partial charge in [0, 0.05) is 64.6 Å². The Labute approximate surface area is 230 Å². The second-order valence-electron chi connectivity index (χ2n) is 11.5. The van der Waals surface area contributed by atoms with E-state index >= 15 is 0 Å². The van der Waals surface area contributed by atoms with Gasteiger partial charge in [-0.1, -0.05) is 66.7 Å². The molecule has 1 aliphatic heterocycles. The number of carbonyl (C=O) groups excluding carboxylic acids is 1. The summed E-state index contributed by atoms with van der Waals surface area (Å²) in [5.74, 6) is 9.80. The molecular formula is C32H49N3OS. The van der Waals surface area contributed by atoms with Crippen molar-refractivity contribution in [3.63, 3.8) is 0 Å². The van der Waals surface area contributed by atoms with Crippen LogP contribution >= 0.6 is 11.8 Å². The zero-order chi connectivity index (χ0) is 28.0. The van der Waals surface area contributed by atoms with Gasteiger partial charge in [-0.2, -0.15) is 11.8 Å². The lowest BCUT2D eigenvalue weighted by atomic mass is 9.94. The minimum absolute atomic E-state index is 0.0139. The lowest BCUT2D eigenvalue weighted by Gasteiger charge is -2.23. The average molecular weight is 524 g/mol. The molecular weight excluding hydrogens is 474 g/mol. The van der Waals surface area contributed by atoms with Gasteiger partial charge in [0.05, 0.1) is 12.2 Å². The predicted molar refractivity (Wildman–Crippen MR) is 167 cm³/mol. The SMILES string of the molecule is CC(=O)/C=C(\N=C(C)C)c1c[nH]c2ccc(C#CCN3CCSCC3)cc12.CC(C)C.CCC(C)(C)C. The van der Waals surface area contributed by atoms with E-state index in [0.717, 1.165) is 53.3 Å². The maximum absolute atomic E-state index is 11.6. The van der Waals surface area contributed by atoms with Crippen molar-refractivity contribution in [3.05, 3.63) is 41.6 Å². The standard InChI is InChI=1S/C22H25N3OS.C6H14.C4H10/c1-16(2)24-22(13-17(3)26)20-15-23-21-7-6-18(14-19(20)21)5-4-8-25-9-11-27-12-10-25;1-5-6(2,3)4;1-4(2)3/h6-7,13-15,23H,8-12H2,1-3H3;5H2,1-4H3;4H,1-3H3/b22-13-;;. The van der Waals surface area contributed by atoms with E-state index in [1.165, 1.54) is 17.9 Å². The van der Waals surface area contributed by atoms with Crippen molar-refractivity contribution >= 4 is 39.9 Å². The summed E-state index contributed by atoms with van der Waals surface area (Å²) in [6.07, 6.45) is 4.77. The Morgan fingerprint density at radius 1 is 1.16 bits per heavy atom. The van der Waals surface area contributed by atoms with Crippen LogP contribution < -0.4 is 0 Å². The van der Waals surface area contributed by atoms with Gasteiger partial charge in [0.15, 0.2) is 5.78 Å². The molecule has 4 nitrogen and oxygen atoms in total. The molecule has 0 amide bonds. The fourth-order valence-electron chi connectivity index (χ4n) is 3.03. The molecule has 1 aromatic carbocycles. The van der Waals surface area contributed by atoms with E-state index in [2.05, 4.69) is 81.2 Å². The maximum Gasteiger partial charge on any atom is 0.154 e. The first-order valence-electron chi connectivity index (χ1n) is 13.5. The summed E-state index contributed by atoms with van der Waals surface area (Å²) in [6.45, 7) is 23.9. The number of rotatable bonds is 4. The van der Waals surface area contributed by atoms with Crippen LogP contribution in [0, 0.1) is 23.2 Å². The van der Waals surface area contributed by atoms with E-state index in [-0.39, 0.29) is 5.78 Å². The molecule has 0 aliphatic carbocycles. The summed E-state index contributed by atoms with van der Waals surface area (Å²) in [5, 5.41) is 1.04. The van der Waals surface area contributed by atoms with Crippen LogP contribution in [0.5, 0.6) is 0 Å². The molecule has 1 saturated heterocycles. The third kappa shape index (κ3) is 14.3. The molecule has 1 aliphatic rings. The van der Waals surface area contributed by atoms with Crippen molar-refractivity contribution in [1.82, 2.24) is 9.88 Å². The van der Waals surface area contributed by atoms with E-state index in [9.17, 15) is 4.79 Å². The first-order chi connectivity index (χ1) is 17.3. The molecule has 0 bridgehead atoms. The molecule has 0 saturated carbocycles. The summed E-state index contributed by atoms with van der Waals surface area (Å²) >= 11 is 2.01. The van der Waals surface area contributed by atoms with Crippen molar-refractivity contribution in [2.45, 2.75) is 75.7 Å². The zero-order valence-electron chi connectivity index (χ0n) is 24.9. The van der Waals surface area contributed by atoms with Gasteiger partial charge >= 0.3 is 0 Å². The van der Waals surface area contributed by atoms with Crippen molar-refractivity contribution in [3.8, 4) is 11.8 Å². The van der Waals surface area contributed by atoms with Crippen LogP contribution in [-0.2, 0) is 4.79 Å². The first kappa shape index (κ1) is 32.7. The fourth-order valence-corrected chi connectivity index (χ4v) is 4.01. The third-order valence-electron chi connectivity index (χ3n) is 5.34. The number of nitrogens with zero attached hydrogens (tertiary/aromatic N) is 2. The molecule has 1 fully saturated rings. The highest BCUT2D eigenvalue weighted by molar-refractivity contribution is 7.99. The van der Waals surface area contributed by atoms with Crippen LogP contribution in [0.3, 0.4) is 0 Å². The fraction of sp³-hybridized carbons (Fsp3) is 0.562. The summed E-state index contributed by atoms with van der Waals surface area (Å²) in [5.41, 5.74) is 5.06. The highest BCUT2D eigenvalue weighted by Crippen LogP contribution is 2.27. The Hall–Kier alpha value is -2.29. The molecule has 0 radical (unpaired) electrons. The quantitative estimate of drug-likeness (QED) is 0.250. The number of hydrogen-bond donors (Lipinski definition) is 1. The summed E-state index contributed by atoms with van der Waals surface area (Å²) in [4.78, 5) is 21.9. The summed E-state index contributed by atoms with van der Waals surface area (Å²) in [6, 6.07) is 6.15. The number of ketones is 1. The number of H-pyrrole nitrogens is 1. The zero-order valence-corrected chi connectivity index (χ0v) is 25.7. The molecule has 0 unspecified atom stereocenters. The van der Waals surface area contributed by atoms with Gasteiger partial charge < -0.3 is 4.98 Å². The first-order valence-corrected chi connectivity index (χ1v) is 14.6. The largest absolute Gasteiger partial charge is 0.360 e. The second-order valence-corrected chi connectivity index (χ2v) is 12.7. The van der Waals surface area contributed by atoms with Crippen LogP contribution in [0.4, 0.5) is 0 Å². The molecule has 1 aromatic heterocycles. The molecule has 2 heterocycles. The maximum atomic E-state index is 11.6. The van der Waals surface area contributed by atoms with Crippen molar-refractivity contribution in [2.75, 3.05) is 31.1 Å². The van der Waals surface area contributed by atoms with Crippen molar-refractivity contribution < 1.29 is 4.79 Å². The lowest BCUT2D eigenvalue weighted by Crippen LogP contribution is -2.32. The minimum Gasteiger partial charge on any atom is -0.360 e. The monoisotopic (exact) mass is 523 g/mol. The van der Waals surface area contributed by atoms with Gasteiger partial charge in [-0.05, 0) is 50.3 Å². The van der Waals surface area contributed by atoms with Crippen molar-refractivity contribution in [1.29, 1.82) is 0 Å². The molecule has 2 aromatic rings. The Morgan fingerprint density at radius 2 is 1.76 bits per heavy atom. The van der Waals surface area contributed by atoms with E-state index in [1.54, 1.807) is 13.0 Å². The smallest absolute Gasteiger partial charge is 0.154 e. The number of aromatic nitrogens is 1. The Kier molecular flexibility index (Phi) is 14.6. The van der Waals surface area contributed by atoms with E-state index in [1.807, 2.05) is 43.9 Å². The Balaban J connectivity index is 0.000000583. The Bertz CT molecular complexity index is 1090. The molecule has 0 atom stereocenters. The number of aromatic amines is 1. The lowest BCUT2D eigenvalue weighted by molar-refractivity contribution is -0.112. The number of nitrogens with one attached hydrogen (secondary N) is 1. The van der Waals surface area contributed by atoms with Crippen LogP contribution in [0.15, 0.2) is 35.5 Å². The average Bonchev–Trinajstić information content (AvgIpc) is 3.22. The highest BCUT2D eigenvalue weighted by Gasteiger charge is 2.10. The normalized spacial score (nSPS) is 14.1. The van der Waals surface area contributed by atoms with E-state index in [4.69, 9.17) is 0 Å². The van der Waals surface area contributed by atoms with Crippen molar-refractivity contribution in [2.24, 2.45) is 16.3 Å². The predicted octanol–water partition coefficient (Wildman–Crippen LogP) is 8.08. The van der Waals surface area contributed by atoms with E-state index < -0.39 is 0 Å². The van der Waals surface area contributed by atoms with Gasteiger partial charge in [0.25, 0.3) is 0 Å². The Morgan fingerprint density at radius 3 is 2.27 bits per heavy atom. The number of benzene rings is 1. The van der Waals surface area contributed by atoms with Gasteiger partial charge in [-0.25, -0.2) is 0 Å². The number of carbonyl (C=O) groups is 1. The number of allylic oxidation sites excluding steroid dienone is 1. The number of aliphatic imine (C=N–C) groups is 1. The number of hydrogen-bond acceptors (Lipinski definition) is 4. The number of thioether (sulfide) groups is 1. The molecule has 204 valence electrons. The van der Waals surface area contributed by atoms with E-state index in [0.29, 0.717) is 11.1 Å². The molecule has 5 heteroatoms. The third-order valence-corrected chi connectivity index (χ3v) is 6.28. The topological polar surface area (TPSA) is 48.5 Å². The summed E-state index contributed by atoms with van der Waals surface area (Å²) < 4.78 is 0. The molecule has 1 N–H and O–H groups in total. The van der Waals surface area contributed by atoms with Crippen LogP contribution in [0.2, 0.25) is 0 Å². The van der Waals surface area contributed by atoms with Crippen LogP contribution in [0.25, 0.3) is 16.6 Å². The molecule has 3 rings (SSSR count). The van der Waals surface area contributed by atoms with Gasteiger partial charge in [0.2, 0.25) is 0 Å². The van der Waals surface area contributed by atoms with Gasteiger partial charge in [-0.3, -0.25) is 14.7 Å². The van der Waals surface area contributed by atoms with Crippen LogP contribution in [0.1, 0.15) is 86.8 Å².